The molecule has 3 aromatic rings. The van der Waals surface area contributed by atoms with Crippen LogP contribution in [0.25, 0.3) is 16.6 Å². The highest BCUT2D eigenvalue weighted by Crippen LogP contribution is 2.39. The van der Waals surface area contributed by atoms with Crippen molar-refractivity contribution in [3.05, 3.63) is 57.2 Å². The van der Waals surface area contributed by atoms with E-state index in [1.165, 1.54) is 0 Å². The minimum atomic E-state index is -0.395. The van der Waals surface area contributed by atoms with Crippen LogP contribution >= 0.6 is 15.9 Å². The second-order valence-corrected chi connectivity index (χ2v) is 8.15. The minimum absolute atomic E-state index is 0.0827. The second kappa shape index (κ2) is 7.97. The van der Waals surface area contributed by atoms with Crippen LogP contribution < -0.4 is 10.0 Å². The number of carbonyl (C=O) groups excluding carboxylic acids is 1. The molecule has 0 aliphatic carbocycles. The van der Waals surface area contributed by atoms with Gasteiger partial charge in [-0.15, -0.1) is 0 Å². The number of quaternary nitrogens is 1. The van der Waals surface area contributed by atoms with Gasteiger partial charge >= 0.3 is 5.97 Å². The van der Waals surface area contributed by atoms with E-state index in [-0.39, 0.29) is 12.4 Å². The zero-order valence-corrected chi connectivity index (χ0v) is 18.4. The summed E-state index contributed by atoms with van der Waals surface area (Å²) >= 11 is 3.43. The topological polar surface area (TPSA) is 58.7 Å². The molecule has 28 heavy (non-hydrogen) atoms. The van der Waals surface area contributed by atoms with Gasteiger partial charge in [0.15, 0.2) is 0 Å². The van der Waals surface area contributed by atoms with E-state index in [0.29, 0.717) is 27.5 Å². The summed E-state index contributed by atoms with van der Waals surface area (Å²) in [5.74, 6) is -0.478. The molecule has 0 unspecified atom stereocenters. The van der Waals surface area contributed by atoms with Gasteiger partial charge in [-0.05, 0) is 44.5 Å². The summed E-state index contributed by atoms with van der Waals surface area (Å²) in [6.45, 7) is 6.51. The summed E-state index contributed by atoms with van der Waals surface area (Å²) in [6.07, 6.45) is 0. The SMILES string of the molecule is CCOC(=O)c1c(C)n(-c2cccc(C)c2)c2cc(Br)c([O-])c(C[NH+](C)C)c12. The van der Waals surface area contributed by atoms with Crippen LogP contribution in [-0.2, 0) is 11.3 Å². The maximum absolute atomic E-state index is 12.9. The van der Waals surface area contributed by atoms with Gasteiger partial charge in [-0.3, -0.25) is 0 Å². The fraction of sp³-hybridized carbons (Fsp3) is 0.318. The number of ether oxygens (including phenoxy) is 1. The van der Waals surface area contributed by atoms with Crippen LogP contribution in [0.3, 0.4) is 0 Å². The number of aromatic nitrogens is 1. The lowest BCUT2D eigenvalue weighted by Gasteiger charge is -2.20. The van der Waals surface area contributed by atoms with Gasteiger partial charge in [0.25, 0.3) is 0 Å². The van der Waals surface area contributed by atoms with Gasteiger partial charge in [-0.25, -0.2) is 4.79 Å². The normalized spacial score (nSPS) is 11.4. The largest absolute Gasteiger partial charge is 0.871 e. The van der Waals surface area contributed by atoms with E-state index in [0.717, 1.165) is 27.4 Å². The summed E-state index contributed by atoms with van der Waals surface area (Å²) in [5.41, 5.74) is 4.77. The van der Waals surface area contributed by atoms with Crippen molar-refractivity contribution in [1.29, 1.82) is 0 Å². The van der Waals surface area contributed by atoms with E-state index in [9.17, 15) is 9.90 Å². The molecule has 1 heterocycles. The van der Waals surface area contributed by atoms with Gasteiger partial charge in [-0.1, -0.05) is 33.8 Å². The molecule has 0 atom stereocenters. The van der Waals surface area contributed by atoms with E-state index in [4.69, 9.17) is 4.74 Å². The molecular weight excluding hydrogens is 420 g/mol. The third-order valence-electron chi connectivity index (χ3n) is 4.77. The predicted molar refractivity (Wildman–Crippen MR) is 112 cm³/mol. The summed E-state index contributed by atoms with van der Waals surface area (Å²) < 4.78 is 7.88. The monoisotopic (exact) mass is 444 g/mol. The van der Waals surface area contributed by atoms with E-state index < -0.39 is 5.97 Å². The number of carbonyl (C=O) groups is 1. The van der Waals surface area contributed by atoms with Crippen LogP contribution in [0.2, 0.25) is 0 Å². The zero-order chi connectivity index (χ0) is 20.6. The lowest BCUT2D eigenvalue weighted by atomic mass is 10.0. The first-order chi connectivity index (χ1) is 13.3. The molecule has 0 aliphatic rings. The third-order valence-corrected chi connectivity index (χ3v) is 5.36. The van der Waals surface area contributed by atoms with Crippen molar-refractivity contribution in [3.8, 4) is 11.4 Å². The summed E-state index contributed by atoms with van der Waals surface area (Å²) in [5, 5.41) is 13.6. The van der Waals surface area contributed by atoms with Crippen molar-refractivity contribution in [3.63, 3.8) is 0 Å². The fourth-order valence-electron chi connectivity index (χ4n) is 3.67. The molecule has 0 saturated heterocycles. The average Bonchev–Trinajstić information content (AvgIpc) is 2.90. The van der Waals surface area contributed by atoms with E-state index in [2.05, 4.69) is 22.0 Å². The van der Waals surface area contributed by atoms with Gasteiger partial charge in [0.2, 0.25) is 0 Å². The van der Waals surface area contributed by atoms with Crippen LogP contribution in [0.4, 0.5) is 0 Å². The molecule has 2 aromatic carbocycles. The van der Waals surface area contributed by atoms with Gasteiger partial charge < -0.3 is 19.3 Å². The molecule has 0 aliphatic heterocycles. The van der Waals surface area contributed by atoms with Crippen LogP contribution in [-0.4, -0.2) is 31.2 Å². The number of benzene rings is 2. The number of aryl methyl sites for hydroxylation is 1. The number of rotatable bonds is 5. The van der Waals surface area contributed by atoms with Crippen LogP contribution in [0.15, 0.2) is 34.8 Å². The van der Waals surface area contributed by atoms with Crippen molar-refractivity contribution in [2.45, 2.75) is 27.3 Å². The molecule has 0 amide bonds. The lowest BCUT2D eigenvalue weighted by molar-refractivity contribution is -0.872. The summed E-state index contributed by atoms with van der Waals surface area (Å²) in [4.78, 5) is 14.0. The number of hydrogen-bond acceptors (Lipinski definition) is 3. The number of esters is 1. The van der Waals surface area contributed by atoms with Crippen molar-refractivity contribution in [2.24, 2.45) is 0 Å². The molecule has 0 spiro atoms. The molecule has 0 saturated carbocycles. The number of fused-ring (bicyclic) bond motifs is 1. The molecule has 5 nitrogen and oxygen atoms in total. The highest BCUT2D eigenvalue weighted by Gasteiger charge is 2.26. The molecule has 0 fully saturated rings. The molecular formula is C22H25BrN2O3. The third kappa shape index (κ3) is 3.54. The first-order valence-electron chi connectivity index (χ1n) is 9.32. The Morgan fingerprint density at radius 3 is 2.57 bits per heavy atom. The Bertz CT molecular complexity index is 1050. The Morgan fingerprint density at radius 2 is 1.96 bits per heavy atom. The van der Waals surface area contributed by atoms with Gasteiger partial charge in [0, 0.05) is 26.8 Å². The smallest absolute Gasteiger partial charge is 0.340 e. The van der Waals surface area contributed by atoms with E-state index >= 15 is 0 Å². The quantitative estimate of drug-likeness (QED) is 0.615. The Balaban J connectivity index is 2.47. The van der Waals surface area contributed by atoms with Gasteiger partial charge in [0.05, 0.1) is 31.8 Å². The van der Waals surface area contributed by atoms with Crippen molar-refractivity contribution in [2.75, 3.05) is 20.7 Å². The maximum atomic E-state index is 12.9. The Labute approximate surface area is 173 Å². The zero-order valence-electron chi connectivity index (χ0n) is 16.9. The number of nitrogens with one attached hydrogen (secondary N) is 1. The van der Waals surface area contributed by atoms with E-state index in [1.807, 2.05) is 56.8 Å². The summed E-state index contributed by atoms with van der Waals surface area (Å²) in [7, 11) is 3.97. The van der Waals surface area contributed by atoms with Crippen molar-refractivity contribution < 1.29 is 19.5 Å². The van der Waals surface area contributed by atoms with Crippen molar-refractivity contribution in [1.82, 2.24) is 4.57 Å². The van der Waals surface area contributed by atoms with Crippen molar-refractivity contribution >= 4 is 32.8 Å². The Kier molecular flexibility index (Phi) is 5.82. The highest BCUT2D eigenvalue weighted by molar-refractivity contribution is 9.10. The molecule has 148 valence electrons. The minimum Gasteiger partial charge on any atom is -0.871 e. The molecule has 0 bridgehead atoms. The van der Waals surface area contributed by atoms with Crippen LogP contribution in [0, 0.1) is 13.8 Å². The van der Waals surface area contributed by atoms with Crippen LogP contribution in [0.1, 0.15) is 34.1 Å². The fourth-order valence-corrected chi connectivity index (χ4v) is 4.13. The average molecular weight is 445 g/mol. The van der Waals surface area contributed by atoms with E-state index in [1.54, 1.807) is 6.92 Å². The first-order valence-corrected chi connectivity index (χ1v) is 10.1. The van der Waals surface area contributed by atoms with Gasteiger partial charge in [-0.2, -0.15) is 0 Å². The Morgan fingerprint density at radius 1 is 1.25 bits per heavy atom. The molecule has 6 heteroatoms. The first kappa shape index (κ1) is 20.4. The molecule has 0 radical (unpaired) electrons. The summed E-state index contributed by atoms with van der Waals surface area (Å²) in [6, 6.07) is 9.90. The Hall–Kier alpha value is -2.31. The molecule has 1 N–H and O–H groups in total. The number of halogens is 1. The maximum Gasteiger partial charge on any atom is 0.340 e. The number of nitrogens with zero attached hydrogens (tertiary/aromatic N) is 1. The molecule has 3 rings (SSSR count). The highest BCUT2D eigenvalue weighted by atomic mass is 79.9. The standard InChI is InChI=1S/C22H25BrN2O3/c1-6-28-22(27)19-14(3)25(15-9-7-8-13(2)10-15)18-11-17(23)21(26)16(20(18)19)12-24(4)5/h7-11,26H,6,12H2,1-5H3. The molecule has 1 aromatic heterocycles. The lowest BCUT2D eigenvalue weighted by Crippen LogP contribution is -3.04. The number of hydrogen-bond donors (Lipinski definition) is 1. The second-order valence-electron chi connectivity index (χ2n) is 7.30. The van der Waals surface area contributed by atoms with Gasteiger partial charge in [0.1, 0.15) is 6.54 Å². The predicted octanol–water partition coefficient (Wildman–Crippen LogP) is 2.90. The van der Waals surface area contributed by atoms with Crippen LogP contribution in [0.5, 0.6) is 5.75 Å².